The number of non-ortho nitro benzene ring substituents is 1. The first-order valence-corrected chi connectivity index (χ1v) is 4.00. The number of nitro benzene ring substituents is 1. The summed E-state index contributed by atoms with van der Waals surface area (Å²) in [4.78, 5) is 12.8. The number of alkyl halides is 3. The molecule has 0 saturated heterocycles. The van der Waals surface area contributed by atoms with E-state index in [0.29, 0.717) is 0 Å². The number of hydrogen-bond acceptors (Lipinski definition) is 4. The first-order valence-electron chi connectivity index (χ1n) is 4.00. The molecule has 0 fully saturated rings. The van der Waals surface area contributed by atoms with Gasteiger partial charge in [-0.15, -0.1) is 0 Å². The molecule has 0 bridgehead atoms. The standard InChI is InChI=1S/C8H3F3N2O3/c9-8(10,11)7-12-5-3-4(13(14)15)1-2-6(5)16-7/h1-3H. The fourth-order valence-corrected chi connectivity index (χ4v) is 1.15. The molecule has 84 valence electrons. The minimum Gasteiger partial charge on any atom is -0.433 e. The van der Waals surface area contributed by atoms with Crippen molar-refractivity contribution in [2.45, 2.75) is 6.18 Å². The van der Waals surface area contributed by atoms with E-state index in [1.807, 2.05) is 0 Å². The Balaban J connectivity index is 2.59. The van der Waals surface area contributed by atoms with E-state index in [1.54, 1.807) is 0 Å². The van der Waals surface area contributed by atoms with Gasteiger partial charge in [0.1, 0.15) is 5.52 Å². The molecular formula is C8H3F3N2O3. The molecule has 0 spiro atoms. The maximum absolute atomic E-state index is 12.2. The monoisotopic (exact) mass is 232 g/mol. The highest BCUT2D eigenvalue weighted by Crippen LogP contribution is 2.31. The zero-order valence-corrected chi connectivity index (χ0v) is 7.49. The Kier molecular flexibility index (Phi) is 2.07. The lowest BCUT2D eigenvalue weighted by Crippen LogP contribution is -2.04. The van der Waals surface area contributed by atoms with E-state index in [-0.39, 0.29) is 16.8 Å². The van der Waals surface area contributed by atoms with E-state index in [4.69, 9.17) is 0 Å². The van der Waals surface area contributed by atoms with E-state index >= 15 is 0 Å². The van der Waals surface area contributed by atoms with Gasteiger partial charge in [0, 0.05) is 12.1 Å². The predicted octanol–water partition coefficient (Wildman–Crippen LogP) is 2.75. The van der Waals surface area contributed by atoms with Gasteiger partial charge in [0.25, 0.3) is 5.69 Å². The fraction of sp³-hybridized carbons (Fsp3) is 0.125. The molecule has 0 aliphatic rings. The molecule has 16 heavy (non-hydrogen) atoms. The van der Waals surface area contributed by atoms with Crippen LogP contribution in [-0.2, 0) is 6.18 Å². The summed E-state index contributed by atoms with van der Waals surface area (Å²) in [5, 5.41) is 10.4. The molecule has 0 radical (unpaired) electrons. The molecule has 0 amide bonds. The molecule has 0 aliphatic heterocycles. The van der Waals surface area contributed by atoms with E-state index in [0.717, 1.165) is 18.2 Å². The van der Waals surface area contributed by atoms with Gasteiger partial charge in [-0.3, -0.25) is 10.1 Å². The number of nitrogens with zero attached hydrogens (tertiary/aromatic N) is 2. The number of rotatable bonds is 1. The molecule has 0 atom stereocenters. The van der Waals surface area contributed by atoms with E-state index in [9.17, 15) is 23.3 Å². The van der Waals surface area contributed by atoms with Crippen molar-refractivity contribution < 1.29 is 22.5 Å². The van der Waals surface area contributed by atoms with Crippen molar-refractivity contribution in [3.8, 4) is 0 Å². The molecule has 0 N–H and O–H groups in total. The number of oxazole rings is 1. The molecule has 1 aromatic heterocycles. The molecule has 1 heterocycles. The molecular weight excluding hydrogens is 229 g/mol. The maximum Gasteiger partial charge on any atom is 0.468 e. The van der Waals surface area contributed by atoms with Gasteiger partial charge in [-0.05, 0) is 6.07 Å². The van der Waals surface area contributed by atoms with Crippen LogP contribution in [-0.4, -0.2) is 9.91 Å². The number of benzene rings is 1. The summed E-state index contributed by atoms with van der Waals surface area (Å²) in [6.07, 6.45) is -4.70. The van der Waals surface area contributed by atoms with Crippen LogP contribution >= 0.6 is 0 Å². The number of halogens is 3. The van der Waals surface area contributed by atoms with Gasteiger partial charge in [0.2, 0.25) is 0 Å². The van der Waals surface area contributed by atoms with Crippen molar-refractivity contribution >= 4 is 16.8 Å². The molecule has 0 saturated carbocycles. The van der Waals surface area contributed by atoms with Crippen LogP contribution in [0.2, 0.25) is 0 Å². The summed E-state index contributed by atoms with van der Waals surface area (Å²) >= 11 is 0. The first-order chi connectivity index (χ1) is 7.38. The van der Waals surface area contributed by atoms with Crippen molar-refractivity contribution in [2.75, 3.05) is 0 Å². The van der Waals surface area contributed by atoms with Crippen LogP contribution in [0.1, 0.15) is 5.89 Å². The second-order valence-electron chi connectivity index (χ2n) is 2.93. The lowest BCUT2D eigenvalue weighted by molar-refractivity contribution is -0.384. The molecule has 5 nitrogen and oxygen atoms in total. The van der Waals surface area contributed by atoms with Gasteiger partial charge in [-0.1, -0.05) is 0 Å². The smallest absolute Gasteiger partial charge is 0.433 e. The van der Waals surface area contributed by atoms with Gasteiger partial charge in [-0.25, -0.2) is 4.98 Å². The number of fused-ring (bicyclic) bond motifs is 1. The van der Waals surface area contributed by atoms with Crippen LogP contribution in [0.5, 0.6) is 0 Å². The molecule has 0 unspecified atom stereocenters. The third-order valence-corrected chi connectivity index (χ3v) is 1.82. The van der Waals surface area contributed by atoms with Crippen LogP contribution in [0, 0.1) is 10.1 Å². The highest BCUT2D eigenvalue weighted by Gasteiger charge is 2.37. The first kappa shape index (κ1) is 10.4. The van der Waals surface area contributed by atoms with Crippen molar-refractivity contribution in [3.05, 3.63) is 34.2 Å². The lowest BCUT2D eigenvalue weighted by atomic mass is 10.3. The Morgan fingerprint density at radius 3 is 2.62 bits per heavy atom. The normalized spacial score (nSPS) is 11.9. The predicted molar refractivity (Wildman–Crippen MR) is 45.7 cm³/mol. The third kappa shape index (κ3) is 1.69. The van der Waals surface area contributed by atoms with E-state index in [2.05, 4.69) is 9.40 Å². The summed E-state index contributed by atoms with van der Waals surface area (Å²) in [6.45, 7) is 0. The Morgan fingerprint density at radius 1 is 1.38 bits per heavy atom. The van der Waals surface area contributed by atoms with Gasteiger partial charge >= 0.3 is 12.1 Å². The zero-order valence-electron chi connectivity index (χ0n) is 7.49. The highest BCUT2D eigenvalue weighted by atomic mass is 19.4. The summed E-state index contributed by atoms with van der Waals surface area (Å²) in [7, 11) is 0. The minimum absolute atomic E-state index is 0.141. The molecule has 2 rings (SSSR count). The summed E-state index contributed by atoms with van der Waals surface area (Å²) in [6, 6.07) is 3.05. The largest absolute Gasteiger partial charge is 0.468 e. The number of hydrogen-bond donors (Lipinski definition) is 0. The van der Waals surface area contributed by atoms with Gasteiger partial charge in [0.05, 0.1) is 4.92 Å². The summed E-state index contributed by atoms with van der Waals surface area (Å²) in [5.41, 5.74) is -0.672. The second kappa shape index (κ2) is 3.19. The van der Waals surface area contributed by atoms with Crippen molar-refractivity contribution in [2.24, 2.45) is 0 Å². The average Bonchev–Trinajstić information content (AvgIpc) is 2.58. The van der Waals surface area contributed by atoms with Crippen molar-refractivity contribution in [1.82, 2.24) is 4.98 Å². The molecule has 2 aromatic rings. The Labute approximate surface area is 85.6 Å². The number of aromatic nitrogens is 1. The highest BCUT2D eigenvalue weighted by molar-refractivity contribution is 5.75. The van der Waals surface area contributed by atoms with E-state index < -0.39 is 17.0 Å². The van der Waals surface area contributed by atoms with Crippen molar-refractivity contribution in [1.29, 1.82) is 0 Å². The second-order valence-corrected chi connectivity index (χ2v) is 2.93. The Hall–Kier alpha value is -2.12. The topological polar surface area (TPSA) is 69.2 Å². The lowest BCUT2D eigenvalue weighted by Gasteiger charge is -1.96. The zero-order chi connectivity index (χ0) is 11.9. The maximum atomic E-state index is 12.2. The Morgan fingerprint density at radius 2 is 2.06 bits per heavy atom. The third-order valence-electron chi connectivity index (χ3n) is 1.82. The van der Waals surface area contributed by atoms with Crippen molar-refractivity contribution in [3.63, 3.8) is 0 Å². The summed E-state index contributed by atoms with van der Waals surface area (Å²) in [5.74, 6) is -1.41. The van der Waals surface area contributed by atoms with Crippen LogP contribution in [0.15, 0.2) is 22.6 Å². The van der Waals surface area contributed by atoms with Crippen LogP contribution in [0.25, 0.3) is 11.1 Å². The SMILES string of the molecule is O=[N+]([O-])c1ccc2oc(C(F)(F)F)nc2c1. The van der Waals surface area contributed by atoms with E-state index in [1.165, 1.54) is 0 Å². The number of nitro groups is 1. The quantitative estimate of drug-likeness (QED) is 0.559. The van der Waals surface area contributed by atoms with Gasteiger partial charge in [-0.2, -0.15) is 13.2 Å². The summed E-state index contributed by atoms with van der Waals surface area (Å²) < 4.78 is 41.0. The Bertz CT molecular complexity index is 561. The fourth-order valence-electron chi connectivity index (χ4n) is 1.15. The molecule has 8 heteroatoms. The van der Waals surface area contributed by atoms with Gasteiger partial charge in [0.15, 0.2) is 5.58 Å². The van der Waals surface area contributed by atoms with Crippen LogP contribution in [0.3, 0.4) is 0 Å². The molecule has 0 aliphatic carbocycles. The molecule has 1 aromatic carbocycles. The average molecular weight is 232 g/mol. The van der Waals surface area contributed by atoms with Gasteiger partial charge < -0.3 is 4.42 Å². The minimum atomic E-state index is -4.70. The van der Waals surface area contributed by atoms with Crippen LogP contribution in [0.4, 0.5) is 18.9 Å². The van der Waals surface area contributed by atoms with Crippen LogP contribution < -0.4 is 0 Å².